The molecule has 2 fully saturated rings. The number of hydrogen-bond acceptors (Lipinski definition) is 8. The lowest BCUT2D eigenvalue weighted by molar-refractivity contribution is 0.0690. The number of hydrogen-bond donors (Lipinski definition) is 1. The number of sulfonamides is 1. The summed E-state index contributed by atoms with van der Waals surface area (Å²) in [6.45, 7) is 2.82. The van der Waals surface area contributed by atoms with Gasteiger partial charge in [-0.15, -0.1) is 10.2 Å². The van der Waals surface area contributed by atoms with Crippen molar-refractivity contribution in [3.63, 3.8) is 0 Å². The molecular weight excluding hydrogens is 456 g/mol. The van der Waals surface area contributed by atoms with Gasteiger partial charge in [0.15, 0.2) is 5.82 Å². The highest BCUT2D eigenvalue weighted by Crippen LogP contribution is 2.33. The molecule has 0 amide bonds. The summed E-state index contributed by atoms with van der Waals surface area (Å²) in [5.41, 5.74) is 0. The van der Waals surface area contributed by atoms with E-state index in [1.807, 2.05) is 4.57 Å². The second-order valence-corrected chi connectivity index (χ2v) is 10.9. The Bertz CT molecular complexity index is 1010. The molecule has 1 N–H and O–H groups in total. The minimum absolute atomic E-state index is 0.0969. The van der Waals surface area contributed by atoms with Crippen molar-refractivity contribution in [3.8, 4) is 0 Å². The predicted molar refractivity (Wildman–Crippen MR) is 119 cm³/mol. The third-order valence-electron chi connectivity index (χ3n) is 6.32. The van der Waals surface area contributed by atoms with Crippen LogP contribution in [0.5, 0.6) is 0 Å². The lowest BCUT2D eigenvalue weighted by Gasteiger charge is -2.29. The fourth-order valence-electron chi connectivity index (χ4n) is 4.17. The van der Waals surface area contributed by atoms with E-state index in [-0.39, 0.29) is 17.8 Å². The van der Waals surface area contributed by atoms with Crippen molar-refractivity contribution in [2.45, 2.75) is 62.8 Å². The predicted octanol–water partition coefficient (Wildman–Crippen LogP) is 2.93. The Morgan fingerprint density at radius 2 is 1.91 bits per heavy atom. The zero-order valence-corrected chi connectivity index (χ0v) is 19.8. The van der Waals surface area contributed by atoms with Crippen LogP contribution in [0.15, 0.2) is 12.4 Å². The Kier molecular flexibility index (Phi) is 7.28. The van der Waals surface area contributed by atoms with E-state index in [9.17, 15) is 8.42 Å². The molecule has 12 heteroatoms. The number of nitrogens with zero attached hydrogens (tertiary/aromatic N) is 5. The fourth-order valence-corrected chi connectivity index (χ4v) is 5.41. The quantitative estimate of drug-likeness (QED) is 0.576. The van der Waals surface area contributed by atoms with E-state index in [4.69, 9.17) is 21.1 Å². The van der Waals surface area contributed by atoms with Crippen LogP contribution in [-0.4, -0.2) is 58.7 Å². The summed E-state index contributed by atoms with van der Waals surface area (Å²) in [7, 11) is -2.47. The average molecular weight is 485 g/mol. The third kappa shape index (κ3) is 5.05. The van der Waals surface area contributed by atoms with Crippen LogP contribution in [0.3, 0.4) is 0 Å². The second-order valence-electron chi connectivity index (χ2n) is 8.42. The van der Waals surface area contributed by atoms with E-state index >= 15 is 0 Å². The van der Waals surface area contributed by atoms with Crippen molar-refractivity contribution in [1.82, 2.24) is 24.7 Å². The maximum Gasteiger partial charge on any atom is 0.240 e. The van der Waals surface area contributed by atoms with Crippen molar-refractivity contribution in [3.05, 3.63) is 29.1 Å². The first kappa shape index (κ1) is 23.3. The van der Waals surface area contributed by atoms with Crippen LogP contribution in [0.4, 0.5) is 5.95 Å². The van der Waals surface area contributed by atoms with Crippen LogP contribution >= 0.6 is 11.6 Å². The van der Waals surface area contributed by atoms with E-state index in [1.54, 1.807) is 6.92 Å². The number of ether oxygens (including phenoxy) is 2. The summed E-state index contributed by atoms with van der Waals surface area (Å²) in [4.78, 5) is 8.25. The molecule has 1 saturated carbocycles. The van der Waals surface area contributed by atoms with Crippen LogP contribution in [0, 0.1) is 5.92 Å². The number of rotatable bonds is 9. The number of halogens is 1. The molecule has 2 aromatic rings. The summed E-state index contributed by atoms with van der Waals surface area (Å²) < 4.78 is 42.2. The first-order valence-electron chi connectivity index (χ1n) is 10.9. The van der Waals surface area contributed by atoms with Gasteiger partial charge in [0.25, 0.3) is 0 Å². The maximum absolute atomic E-state index is 13.3. The summed E-state index contributed by atoms with van der Waals surface area (Å²) >= 11 is 5.86. The number of methoxy groups -OCH3 is 1. The molecule has 0 radical (unpaired) electrons. The SMILES string of the molecule is COC(c1ncc(Cl)cn1)C(C)S(=O)(=O)Nc1nnc(CC2CCC2)n1C1CCOCC1. The van der Waals surface area contributed by atoms with Gasteiger partial charge in [0.05, 0.1) is 5.02 Å². The van der Waals surface area contributed by atoms with Gasteiger partial charge in [-0.05, 0) is 25.7 Å². The highest BCUT2D eigenvalue weighted by atomic mass is 35.5. The lowest BCUT2D eigenvalue weighted by Crippen LogP contribution is -2.34. The van der Waals surface area contributed by atoms with Crippen LogP contribution in [0.25, 0.3) is 0 Å². The zero-order valence-electron chi connectivity index (χ0n) is 18.3. The molecule has 0 aromatic carbocycles. The molecule has 2 atom stereocenters. The molecule has 3 heterocycles. The molecule has 176 valence electrons. The Morgan fingerprint density at radius 3 is 2.50 bits per heavy atom. The van der Waals surface area contributed by atoms with E-state index in [2.05, 4.69) is 24.9 Å². The van der Waals surface area contributed by atoms with Gasteiger partial charge in [-0.25, -0.2) is 18.4 Å². The molecule has 10 nitrogen and oxygen atoms in total. The lowest BCUT2D eigenvalue weighted by atomic mass is 9.83. The van der Waals surface area contributed by atoms with Gasteiger partial charge in [0, 0.05) is 45.2 Å². The van der Waals surface area contributed by atoms with E-state index < -0.39 is 21.4 Å². The molecule has 0 bridgehead atoms. The third-order valence-corrected chi connectivity index (χ3v) is 8.20. The number of aromatic nitrogens is 5. The van der Waals surface area contributed by atoms with Crippen molar-refractivity contribution in [2.75, 3.05) is 25.0 Å². The van der Waals surface area contributed by atoms with Crippen molar-refractivity contribution in [1.29, 1.82) is 0 Å². The minimum Gasteiger partial charge on any atom is -0.381 e. The Hall–Kier alpha value is -1.82. The summed E-state index contributed by atoms with van der Waals surface area (Å²) in [5.74, 6) is 1.90. The fraction of sp³-hybridized carbons (Fsp3) is 0.700. The molecule has 2 unspecified atom stereocenters. The summed E-state index contributed by atoms with van der Waals surface area (Å²) in [5, 5.41) is 7.98. The Morgan fingerprint density at radius 1 is 1.22 bits per heavy atom. The van der Waals surface area contributed by atoms with Gasteiger partial charge in [0.2, 0.25) is 16.0 Å². The van der Waals surface area contributed by atoms with Crippen LogP contribution < -0.4 is 4.72 Å². The Balaban J connectivity index is 1.59. The minimum atomic E-state index is -3.89. The highest BCUT2D eigenvalue weighted by molar-refractivity contribution is 7.93. The smallest absolute Gasteiger partial charge is 0.240 e. The Labute approximate surface area is 193 Å². The van der Waals surface area contributed by atoms with Crippen LogP contribution in [0.2, 0.25) is 5.02 Å². The zero-order chi connectivity index (χ0) is 22.7. The first-order valence-corrected chi connectivity index (χ1v) is 12.8. The summed E-state index contributed by atoms with van der Waals surface area (Å²) in [6, 6.07) is 0.0969. The number of nitrogens with one attached hydrogen (secondary N) is 1. The average Bonchev–Trinajstić information content (AvgIpc) is 3.14. The molecule has 32 heavy (non-hydrogen) atoms. The topological polar surface area (TPSA) is 121 Å². The van der Waals surface area contributed by atoms with Crippen molar-refractivity contribution < 1.29 is 17.9 Å². The molecule has 0 spiro atoms. The molecule has 1 aliphatic carbocycles. The maximum atomic E-state index is 13.3. The second kappa shape index (κ2) is 9.98. The van der Waals surface area contributed by atoms with E-state index in [0.717, 1.165) is 25.1 Å². The van der Waals surface area contributed by atoms with Gasteiger partial charge >= 0.3 is 0 Å². The largest absolute Gasteiger partial charge is 0.381 e. The van der Waals surface area contributed by atoms with Gasteiger partial charge in [-0.3, -0.25) is 9.29 Å². The molecule has 1 aliphatic heterocycles. The normalized spacial score (nSPS) is 20.0. The molecule has 2 aromatic heterocycles. The van der Waals surface area contributed by atoms with Gasteiger partial charge in [-0.1, -0.05) is 30.9 Å². The van der Waals surface area contributed by atoms with Crippen molar-refractivity contribution >= 4 is 27.6 Å². The van der Waals surface area contributed by atoms with E-state index in [0.29, 0.717) is 24.2 Å². The molecule has 1 saturated heterocycles. The van der Waals surface area contributed by atoms with Crippen molar-refractivity contribution in [2.24, 2.45) is 5.92 Å². The van der Waals surface area contributed by atoms with Crippen LogP contribution in [-0.2, 0) is 25.9 Å². The van der Waals surface area contributed by atoms with E-state index in [1.165, 1.54) is 38.8 Å². The molecular formula is C20H29ClN6O4S. The van der Waals surface area contributed by atoms with Crippen LogP contribution in [0.1, 0.15) is 62.8 Å². The first-order chi connectivity index (χ1) is 15.4. The monoisotopic (exact) mass is 484 g/mol. The number of anilines is 1. The van der Waals surface area contributed by atoms with Gasteiger partial charge < -0.3 is 9.47 Å². The van der Waals surface area contributed by atoms with Gasteiger partial charge in [0.1, 0.15) is 17.2 Å². The highest BCUT2D eigenvalue weighted by Gasteiger charge is 2.35. The molecule has 2 aliphatic rings. The van der Waals surface area contributed by atoms with Gasteiger partial charge in [-0.2, -0.15) is 0 Å². The summed E-state index contributed by atoms with van der Waals surface area (Å²) in [6.07, 6.45) is 7.93. The molecule has 4 rings (SSSR count). The standard InChI is InChI=1S/C20H29ClN6O4S/c1-13(18(30-2)19-22-11-15(21)12-23-19)32(28,29)26-20-25-24-17(10-14-4-3-5-14)27(20)16-6-8-31-9-7-16/h11-14,16,18H,3-10H2,1-2H3,(H,25,26).